The largest absolute Gasteiger partial charge is 0.455 e. The van der Waals surface area contributed by atoms with Gasteiger partial charge in [-0.3, -0.25) is 4.79 Å². The van der Waals surface area contributed by atoms with E-state index < -0.39 is 17.5 Å². The molecule has 0 aromatic carbocycles. The molecule has 18 heavy (non-hydrogen) atoms. The van der Waals surface area contributed by atoms with E-state index in [1.165, 1.54) is 0 Å². The SMILES string of the molecule is CCCCC(=O)c1ccc(C(C)(O)C(F)(F)F)o1. The zero-order valence-electron chi connectivity index (χ0n) is 10.2. The third-order valence-corrected chi connectivity index (χ3v) is 2.67. The average molecular weight is 264 g/mol. The third kappa shape index (κ3) is 2.93. The van der Waals surface area contributed by atoms with Gasteiger partial charge in [0.05, 0.1) is 0 Å². The van der Waals surface area contributed by atoms with Crippen LogP contribution in [0.1, 0.15) is 49.4 Å². The van der Waals surface area contributed by atoms with Crippen molar-refractivity contribution in [1.82, 2.24) is 0 Å². The van der Waals surface area contributed by atoms with Crippen LogP contribution in [0.15, 0.2) is 16.5 Å². The van der Waals surface area contributed by atoms with Crippen LogP contribution in [0.25, 0.3) is 0 Å². The Morgan fingerprint density at radius 2 is 2.00 bits per heavy atom. The summed E-state index contributed by atoms with van der Waals surface area (Å²) in [4.78, 5) is 11.5. The van der Waals surface area contributed by atoms with E-state index in [2.05, 4.69) is 0 Å². The minimum absolute atomic E-state index is 0.150. The number of halogens is 3. The van der Waals surface area contributed by atoms with E-state index in [-0.39, 0.29) is 18.0 Å². The van der Waals surface area contributed by atoms with Crippen LogP contribution >= 0.6 is 0 Å². The molecule has 1 aromatic rings. The Morgan fingerprint density at radius 1 is 1.39 bits per heavy atom. The standard InChI is InChI=1S/C12H15F3O3/c1-3-4-5-8(16)9-6-7-10(18-9)11(2,17)12(13,14)15/h6-7,17H,3-5H2,1-2H3. The number of unbranched alkanes of at least 4 members (excludes halogenated alkanes) is 1. The molecule has 0 spiro atoms. The van der Waals surface area contributed by atoms with Crippen molar-refractivity contribution in [3.63, 3.8) is 0 Å². The van der Waals surface area contributed by atoms with Crippen LogP contribution in [-0.2, 0) is 5.60 Å². The summed E-state index contributed by atoms with van der Waals surface area (Å²) in [7, 11) is 0. The summed E-state index contributed by atoms with van der Waals surface area (Å²) in [6.45, 7) is 2.49. The van der Waals surface area contributed by atoms with E-state index in [4.69, 9.17) is 4.42 Å². The molecule has 0 amide bonds. The highest BCUT2D eigenvalue weighted by atomic mass is 19.4. The van der Waals surface area contributed by atoms with Gasteiger partial charge in [-0.2, -0.15) is 13.2 Å². The number of alkyl halides is 3. The maximum absolute atomic E-state index is 12.5. The van der Waals surface area contributed by atoms with E-state index in [9.17, 15) is 23.1 Å². The number of carbonyl (C=O) groups excluding carboxylic acids is 1. The Labute approximate surface area is 103 Å². The molecule has 0 aliphatic heterocycles. The first-order valence-corrected chi connectivity index (χ1v) is 5.62. The molecule has 1 unspecified atom stereocenters. The van der Waals surface area contributed by atoms with Gasteiger partial charge in [-0.25, -0.2) is 0 Å². The Morgan fingerprint density at radius 3 is 2.50 bits per heavy atom. The van der Waals surface area contributed by atoms with Crippen molar-refractivity contribution in [2.45, 2.75) is 44.9 Å². The summed E-state index contributed by atoms with van der Waals surface area (Å²) >= 11 is 0. The summed E-state index contributed by atoms with van der Waals surface area (Å²) in [5.74, 6) is -1.18. The van der Waals surface area contributed by atoms with E-state index >= 15 is 0 Å². The van der Waals surface area contributed by atoms with Crippen molar-refractivity contribution in [2.24, 2.45) is 0 Å². The number of hydrogen-bond donors (Lipinski definition) is 1. The van der Waals surface area contributed by atoms with Gasteiger partial charge in [0.1, 0.15) is 5.76 Å². The first kappa shape index (κ1) is 14.8. The van der Waals surface area contributed by atoms with Crippen molar-refractivity contribution in [3.05, 3.63) is 23.7 Å². The van der Waals surface area contributed by atoms with Crippen LogP contribution in [0.3, 0.4) is 0 Å². The minimum atomic E-state index is -4.85. The van der Waals surface area contributed by atoms with Crippen LogP contribution in [0.2, 0.25) is 0 Å². The number of Topliss-reactive ketones (excluding diaryl/α,β-unsaturated/α-hetero) is 1. The van der Waals surface area contributed by atoms with Crippen LogP contribution in [0.5, 0.6) is 0 Å². The normalized spacial score (nSPS) is 15.4. The molecule has 6 heteroatoms. The van der Waals surface area contributed by atoms with Gasteiger partial charge in [0.2, 0.25) is 5.60 Å². The molecule has 0 aliphatic carbocycles. The Kier molecular flexibility index (Phi) is 4.21. The van der Waals surface area contributed by atoms with Gasteiger partial charge < -0.3 is 9.52 Å². The molecule has 1 heterocycles. The van der Waals surface area contributed by atoms with Crippen LogP contribution in [0, 0.1) is 0 Å². The Hall–Kier alpha value is -1.30. The molecule has 3 nitrogen and oxygen atoms in total. The maximum atomic E-state index is 12.5. The number of carbonyl (C=O) groups is 1. The van der Waals surface area contributed by atoms with Crippen LogP contribution in [0.4, 0.5) is 13.2 Å². The number of rotatable bonds is 5. The molecule has 102 valence electrons. The highest BCUT2D eigenvalue weighted by Gasteiger charge is 2.53. The number of ketones is 1. The van der Waals surface area contributed by atoms with E-state index in [0.29, 0.717) is 13.3 Å². The van der Waals surface area contributed by atoms with Crippen molar-refractivity contribution < 1.29 is 27.5 Å². The summed E-state index contributed by atoms with van der Waals surface area (Å²) in [5, 5.41) is 9.36. The molecule has 0 aliphatic rings. The highest BCUT2D eigenvalue weighted by molar-refractivity contribution is 5.93. The van der Waals surface area contributed by atoms with Gasteiger partial charge in [0.15, 0.2) is 11.5 Å². The van der Waals surface area contributed by atoms with Gasteiger partial charge >= 0.3 is 6.18 Å². The fourth-order valence-corrected chi connectivity index (χ4v) is 1.35. The zero-order chi connectivity index (χ0) is 14.0. The van der Waals surface area contributed by atoms with Gasteiger partial charge in [0.25, 0.3) is 0 Å². The van der Waals surface area contributed by atoms with Crippen molar-refractivity contribution in [1.29, 1.82) is 0 Å². The molecule has 1 rings (SSSR count). The summed E-state index contributed by atoms with van der Waals surface area (Å²) in [6.07, 6.45) is -3.18. The summed E-state index contributed by atoms with van der Waals surface area (Å²) < 4.78 is 42.4. The second-order valence-electron chi connectivity index (χ2n) is 4.26. The minimum Gasteiger partial charge on any atom is -0.455 e. The molecule has 1 atom stereocenters. The molecule has 1 N–H and O–H groups in total. The number of aliphatic hydroxyl groups is 1. The zero-order valence-corrected chi connectivity index (χ0v) is 10.2. The second-order valence-corrected chi connectivity index (χ2v) is 4.26. The lowest BCUT2D eigenvalue weighted by molar-refractivity contribution is -0.264. The molecule has 0 bridgehead atoms. The van der Waals surface area contributed by atoms with Crippen molar-refractivity contribution in [2.75, 3.05) is 0 Å². The number of hydrogen-bond acceptors (Lipinski definition) is 3. The van der Waals surface area contributed by atoms with Crippen LogP contribution in [-0.4, -0.2) is 17.1 Å². The third-order valence-electron chi connectivity index (χ3n) is 2.67. The van der Waals surface area contributed by atoms with Gasteiger partial charge in [0, 0.05) is 6.42 Å². The average Bonchev–Trinajstić information content (AvgIpc) is 2.73. The predicted octanol–water partition coefficient (Wildman–Crippen LogP) is 3.42. The molecule has 1 aromatic heterocycles. The van der Waals surface area contributed by atoms with Gasteiger partial charge in [-0.05, 0) is 25.5 Å². The van der Waals surface area contributed by atoms with E-state index in [1.807, 2.05) is 6.92 Å². The van der Waals surface area contributed by atoms with E-state index in [0.717, 1.165) is 18.6 Å². The molecular formula is C12H15F3O3. The smallest absolute Gasteiger partial charge is 0.424 e. The molecule has 0 saturated carbocycles. The second kappa shape index (κ2) is 5.14. The molecule has 0 fully saturated rings. The lowest BCUT2D eigenvalue weighted by Gasteiger charge is -2.23. The number of furan rings is 1. The van der Waals surface area contributed by atoms with Crippen molar-refractivity contribution in [3.8, 4) is 0 Å². The quantitative estimate of drug-likeness (QED) is 0.829. The van der Waals surface area contributed by atoms with Crippen LogP contribution < -0.4 is 0 Å². The summed E-state index contributed by atoms with van der Waals surface area (Å²) in [6, 6.07) is 2.14. The topological polar surface area (TPSA) is 50.4 Å². The predicted molar refractivity (Wildman–Crippen MR) is 58.2 cm³/mol. The summed E-state index contributed by atoms with van der Waals surface area (Å²) in [5.41, 5.74) is -3.09. The first-order chi connectivity index (χ1) is 8.20. The lowest BCUT2D eigenvalue weighted by Crippen LogP contribution is -2.38. The fraction of sp³-hybridized carbons (Fsp3) is 0.583. The maximum Gasteiger partial charge on any atom is 0.424 e. The molecule has 0 saturated heterocycles. The van der Waals surface area contributed by atoms with Crippen molar-refractivity contribution >= 4 is 5.78 Å². The lowest BCUT2D eigenvalue weighted by atomic mass is 10.0. The molecule has 0 radical (unpaired) electrons. The van der Waals surface area contributed by atoms with Gasteiger partial charge in [-0.15, -0.1) is 0 Å². The highest BCUT2D eigenvalue weighted by Crippen LogP contribution is 2.39. The van der Waals surface area contributed by atoms with E-state index in [1.54, 1.807) is 0 Å². The van der Waals surface area contributed by atoms with Gasteiger partial charge in [-0.1, -0.05) is 13.3 Å². The fourth-order valence-electron chi connectivity index (χ4n) is 1.35. The monoisotopic (exact) mass is 264 g/mol. The first-order valence-electron chi connectivity index (χ1n) is 5.62. The molecular weight excluding hydrogens is 249 g/mol. The Bertz CT molecular complexity index is 418. The Balaban J connectivity index is 2.90.